The normalized spacial score (nSPS) is 10.3. The summed E-state index contributed by atoms with van der Waals surface area (Å²) in [4.78, 5) is 10.8. The van der Waals surface area contributed by atoms with Gasteiger partial charge in [-0.3, -0.25) is 0 Å². The topological polar surface area (TPSA) is 46.5 Å². The lowest BCUT2D eigenvalue weighted by molar-refractivity contribution is 0.0696. The SMILES string of the molecule is O=C(O)c1ccc(COc2cc(Br)ccc2F)c(Br)c1. The average molecular weight is 404 g/mol. The molecule has 0 unspecified atom stereocenters. The molecule has 0 atom stereocenters. The molecule has 0 bridgehead atoms. The number of hydrogen-bond donors (Lipinski definition) is 1. The fourth-order valence-electron chi connectivity index (χ4n) is 1.54. The van der Waals surface area contributed by atoms with E-state index in [9.17, 15) is 9.18 Å². The summed E-state index contributed by atoms with van der Waals surface area (Å²) in [5.41, 5.74) is 0.906. The van der Waals surface area contributed by atoms with Gasteiger partial charge < -0.3 is 9.84 Å². The van der Waals surface area contributed by atoms with Crippen LogP contribution < -0.4 is 4.74 Å². The summed E-state index contributed by atoms with van der Waals surface area (Å²) >= 11 is 6.52. The maximum Gasteiger partial charge on any atom is 0.335 e. The predicted molar refractivity (Wildman–Crippen MR) is 79.5 cm³/mol. The molecule has 0 saturated heterocycles. The molecule has 0 spiro atoms. The van der Waals surface area contributed by atoms with Crippen molar-refractivity contribution in [2.45, 2.75) is 6.61 Å². The molecule has 0 heterocycles. The van der Waals surface area contributed by atoms with Crippen molar-refractivity contribution in [1.82, 2.24) is 0 Å². The van der Waals surface area contributed by atoms with Crippen LogP contribution in [0.5, 0.6) is 5.75 Å². The molecule has 0 aliphatic heterocycles. The first-order valence-electron chi connectivity index (χ1n) is 5.57. The zero-order chi connectivity index (χ0) is 14.7. The quantitative estimate of drug-likeness (QED) is 0.809. The van der Waals surface area contributed by atoms with Crippen LogP contribution in [0.25, 0.3) is 0 Å². The highest BCUT2D eigenvalue weighted by Crippen LogP contribution is 2.25. The molecular weight excluding hydrogens is 395 g/mol. The minimum atomic E-state index is -1.00. The van der Waals surface area contributed by atoms with Gasteiger partial charge in [0, 0.05) is 14.5 Å². The molecule has 20 heavy (non-hydrogen) atoms. The van der Waals surface area contributed by atoms with Crippen LogP contribution in [-0.4, -0.2) is 11.1 Å². The highest BCUT2D eigenvalue weighted by molar-refractivity contribution is 9.10. The van der Waals surface area contributed by atoms with E-state index in [1.165, 1.54) is 24.3 Å². The second kappa shape index (κ2) is 6.37. The molecular formula is C14H9Br2FO3. The maximum atomic E-state index is 13.5. The molecule has 0 saturated carbocycles. The van der Waals surface area contributed by atoms with Gasteiger partial charge in [0.2, 0.25) is 0 Å². The Balaban J connectivity index is 2.15. The van der Waals surface area contributed by atoms with E-state index in [0.717, 1.165) is 5.56 Å². The zero-order valence-corrected chi connectivity index (χ0v) is 13.2. The molecule has 2 rings (SSSR count). The van der Waals surface area contributed by atoms with Crippen LogP contribution in [0.15, 0.2) is 45.3 Å². The molecule has 0 fully saturated rings. The molecule has 0 aliphatic rings. The fourth-order valence-corrected chi connectivity index (χ4v) is 2.37. The van der Waals surface area contributed by atoms with Crippen LogP contribution in [0, 0.1) is 5.82 Å². The van der Waals surface area contributed by atoms with Crippen molar-refractivity contribution in [2.24, 2.45) is 0 Å². The monoisotopic (exact) mass is 402 g/mol. The molecule has 1 N–H and O–H groups in total. The number of rotatable bonds is 4. The van der Waals surface area contributed by atoms with Crippen molar-refractivity contribution in [3.8, 4) is 5.75 Å². The Morgan fingerprint density at radius 2 is 1.95 bits per heavy atom. The molecule has 2 aromatic rings. The van der Waals surface area contributed by atoms with E-state index in [1.54, 1.807) is 12.1 Å². The van der Waals surface area contributed by atoms with Gasteiger partial charge in [0.05, 0.1) is 5.56 Å². The predicted octanol–water partition coefficient (Wildman–Crippen LogP) is 4.63. The van der Waals surface area contributed by atoms with Crippen molar-refractivity contribution in [3.05, 3.63) is 62.3 Å². The number of carboxylic acids is 1. The van der Waals surface area contributed by atoms with Gasteiger partial charge in [0.15, 0.2) is 11.6 Å². The van der Waals surface area contributed by atoms with Crippen molar-refractivity contribution in [1.29, 1.82) is 0 Å². The van der Waals surface area contributed by atoms with Crippen molar-refractivity contribution >= 4 is 37.8 Å². The molecule has 0 amide bonds. The lowest BCUT2D eigenvalue weighted by atomic mass is 10.1. The standard InChI is InChI=1S/C14H9Br2FO3/c15-10-3-4-12(17)13(6-10)20-7-9-2-1-8(14(18)19)5-11(9)16/h1-6H,7H2,(H,18,19). The number of benzene rings is 2. The van der Waals surface area contributed by atoms with E-state index in [4.69, 9.17) is 9.84 Å². The summed E-state index contributed by atoms with van der Waals surface area (Å²) in [5.74, 6) is -1.32. The number of ether oxygens (including phenoxy) is 1. The van der Waals surface area contributed by atoms with E-state index >= 15 is 0 Å². The van der Waals surface area contributed by atoms with Crippen LogP contribution in [-0.2, 0) is 6.61 Å². The summed E-state index contributed by atoms with van der Waals surface area (Å²) in [7, 11) is 0. The Kier molecular flexibility index (Phi) is 4.77. The van der Waals surface area contributed by atoms with Crippen molar-refractivity contribution < 1.29 is 19.0 Å². The Bertz CT molecular complexity index is 659. The first-order chi connectivity index (χ1) is 9.47. The number of carboxylic acid groups (broad SMARTS) is 1. The van der Waals surface area contributed by atoms with Gasteiger partial charge in [0.1, 0.15) is 6.61 Å². The first-order valence-corrected chi connectivity index (χ1v) is 7.15. The summed E-state index contributed by atoms with van der Waals surface area (Å²) < 4.78 is 20.2. The van der Waals surface area contributed by atoms with Gasteiger partial charge in [0.25, 0.3) is 0 Å². The van der Waals surface area contributed by atoms with E-state index < -0.39 is 11.8 Å². The fraction of sp³-hybridized carbons (Fsp3) is 0.0714. The third-order valence-corrected chi connectivity index (χ3v) is 3.81. The lowest BCUT2D eigenvalue weighted by Crippen LogP contribution is -2.01. The third kappa shape index (κ3) is 3.58. The summed E-state index contributed by atoms with van der Waals surface area (Å²) in [6.07, 6.45) is 0. The van der Waals surface area contributed by atoms with Crippen LogP contribution >= 0.6 is 31.9 Å². The van der Waals surface area contributed by atoms with Gasteiger partial charge in [-0.25, -0.2) is 9.18 Å². The number of hydrogen-bond acceptors (Lipinski definition) is 2. The minimum absolute atomic E-state index is 0.133. The Morgan fingerprint density at radius 3 is 2.60 bits per heavy atom. The number of carbonyl (C=O) groups is 1. The maximum absolute atomic E-state index is 13.5. The van der Waals surface area contributed by atoms with E-state index in [2.05, 4.69) is 31.9 Å². The highest BCUT2D eigenvalue weighted by Gasteiger charge is 2.09. The molecule has 104 valence electrons. The van der Waals surface area contributed by atoms with Gasteiger partial charge in [-0.2, -0.15) is 0 Å². The van der Waals surface area contributed by atoms with E-state index in [-0.39, 0.29) is 17.9 Å². The van der Waals surface area contributed by atoms with E-state index in [0.29, 0.717) is 8.95 Å². The first kappa shape index (κ1) is 15.0. The second-order valence-electron chi connectivity index (χ2n) is 3.97. The molecule has 3 nitrogen and oxygen atoms in total. The lowest BCUT2D eigenvalue weighted by Gasteiger charge is -2.09. The summed E-state index contributed by atoms with van der Waals surface area (Å²) in [6.45, 7) is 0.133. The van der Waals surface area contributed by atoms with Gasteiger partial charge in [-0.05, 0) is 30.3 Å². The van der Waals surface area contributed by atoms with Crippen molar-refractivity contribution in [3.63, 3.8) is 0 Å². The third-order valence-electron chi connectivity index (χ3n) is 2.58. The molecule has 0 aromatic heterocycles. The van der Waals surface area contributed by atoms with Crippen LogP contribution in [0.2, 0.25) is 0 Å². The minimum Gasteiger partial charge on any atom is -0.486 e. The summed E-state index contributed by atoms with van der Waals surface area (Å²) in [5, 5.41) is 8.87. The van der Waals surface area contributed by atoms with Gasteiger partial charge >= 0.3 is 5.97 Å². The number of halogens is 3. The zero-order valence-electron chi connectivity index (χ0n) is 10.1. The molecule has 0 aliphatic carbocycles. The Morgan fingerprint density at radius 1 is 1.20 bits per heavy atom. The van der Waals surface area contributed by atoms with Crippen LogP contribution in [0.3, 0.4) is 0 Å². The van der Waals surface area contributed by atoms with Gasteiger partial charge in [-0.15, -0.1) is 0 Å². The van der Waals surface area contributed by atoms with E-state index in [1.807, 2.05) is 0 Å². The summed E-state index contributed by atoms with van der Waals surface area (Å²) in [6, 6.07) is 9.02. The number of aromatic carboxylic acids is 1. The Hall–Kier alpha value is -1.40. The molecule has 0 radical (unpaired) electrons. The smallest absolute Gasteiger partial charge is 0.335 e. The highest BCUT2D eigenvalue weighted by atomic mass is 79.9. The van der Waals surface area contributed by atoms with Crippen LogP contribution in [0.1, 0.15) is 15.9 Å². The van der Waals surface area contributed by atoms with Gasteiger partial charge in [-0.1, -0.05) is 37.9 Å². The molecule has 2 aromatic carbocycles. The van der Waals surface area contributed by atoms with Crippen molar-refractivity contribution in [2.75, 3.05) is 0 Å². The second-order valence-corrected chi connectivity index (χ2v) is 5.74. The molecule has 6 heteroatoms. The Labute approximate surface area is 131 Å². The largest absolute Gasteiger partial charge is 0.486 e. The average Bonchev–Trinajstić information content (AvgIpc) is 2.40. The van der Waals surface area contributed by atoms with Crippen LogP contribution in [0.4, 0.5) is 4.39 Å².